The Balaban J connectivity index is 2.75. The highest BCUT2D eigenvalue weighted by Gasteiger charge is 1.88. The maximum absolute atomic E-state index is 5.29. The van der Waals surface area contributed by atoms with Crippen molar-refractivity contribution in [3.05, 3.63) is 0 Å². The van der Waals surface area contributed by atoms with Crippen molar-refractivity contribution in [1.29, 1.82) is 0 Å². The Morgan fingerprint density at radius 1 is 1.83 bits per heavy atom. The maximum atomic E-state index is 5.29. The zero-order chi connectivity index (χ0) is 4.99. The van der Waals surface area contributed by atoms with E-state index in [4.69, 9.17) is 7.85 Å². The molecule has 0 bridgehead atoms. The van der Waals surface area contributed by atoms with Gasteiger partial charge in [0.1, 0.15) is 0 Å². The van der Waals surface area contributed by atoms with Gasteiger partial charge in [-0.1, -0.05) is 13.2 Å². The Bertz CT molecular complexity index is 26.7. The second-order valence-electron chi connectivity index (χ2n) is 1.43. The van der Waals surface area contributed by atoms with Gasteiger partial charge < -0.3 is 0 Å². The van der Waals surface area contributed by atoms with E-state index in [0.717, 1.165) is 20.6 Å². The highest BCUT2D eigenvalue weighted by atomic mass is 31.1. The number of hydrogen-bond donors (Lipinski definition) is 0. The molecule has 2 atom stereocenters. The molecule has 2 radical (unpaired) electrons. The van der Waals surface area contributed by atoms with Crippen LogP contribution in [0.25, 0.3) is 0 Å². The van der Waals surface area contributed by atoms with E-state index in [2.05, 4.69) is 13.6 Å². The molecular weight excluding hydrogens is 89.8 g/mol. The first-order valence-electron chi connectivity index (χ1n) is 2.18. The molecule has 2 unspecified atom stereocenters. The van der Waals surface area contributed by atoms with Gasteiger partial charge in [0, 0.05) is 0 Å². The first kappa shape index (κ1) is 6.49. The van der Waals surface area contributed by atoms with Crippen molar-refractivity contribution in [2.45, 2.75) is 18.9 Å². The maximum Gasteiger partial charge on any atom is 0.0661 e. The summed E-state index contributed by atoms with van der Waals surface area (Å²) in [5.41, 5.74) is 0.741. The minimum Gasteiger partial charge on any atom is -0.123 e. The third-order valence-electron chi connectivity index (χ3n) is 0.846. The van der Waals surface area contributed by atoms with Crippen LogP contribution in [0.5, 0.6) is 0 Å². The molecule has 0 saturated carbocycles. The molecule has 0 aromatic carbocycles. The van der Waals surface area contributed by atoms with Gasteiger partial charge in [-0.15, -0.1) is 8.58 Å². The van der Waals surface area contributed by atoms with Gasteiger partial charge in [-0.3, -0.25) is 0 Å². The normalized spacial score (nSPS) is 16.3. The van der Waals surface area contributed by atoms with Crippen LogP contribution < -0.4 is 0 Å². The van der Waals surface area contributed by atoms with Crippen LogP contribution in [0, 0.1) is 0 Å². The van der Waals surface area contributed by atoms with Crippen LogP contribution in [0.3, 0.4) is 0 Å². The second kappa shape index (κ2) is 3.68. The fourth-order valence-corrected chi connectivity index (χ4v) is 0.354. The van der Waals surface area contributed by atoms with E-state index in [9.17, 15) is 0 Å². The zero-order valence-corrected chi connectivity index (χ0v) is 5.36. The average molecular weight is 99.9 g/mol. The minimum absolute atomic E-state index is 0.741. The van der Waals surface area contributed by atoms with Crippen LogP contribution >= 0.6 is 8.58 Å². The van der Waals surface area contributed by atoms with Crippen molar-refractivity contribution >= 4 is 16.4 Å². The van der Waals surface area contributed by atoms with E-state index >= 15 is 0 Å². The standard InChI is InChI=1S/C4H10BP/c1-4(3-5)6-2/h4,6H,3H2,1-2H3. The molecule has 0 rings (SSSR count). The van der Waals surface area contributed by atoms with Gasteiger partial charge in [-0.2, -0.15) is 0 Å². The van der Waals surface area contributed by atoms with Crippen LogP contribution in [0.4, 0.5) is 0 Å². The molecule has 0 fully saturated rings. The predicted molar refractivity (Wildman–Crippen MR) is 34.3 cm³/mol. The van der Waals surface area contributed by atoms with E-state index in [1.165, 1.54) is 0 Å². The highest BCUT2D eigenvalue weighted by molar-refractivity contribution is 7.38. The monoisotopic (exact) mass is 100 g/mol. The number of rotatable bonds is 2. The topological polar surface area (TPSA) is 0 Å². The summed E-state index contributed by atoms with van der Waals surface area (Å²) in [6.07, 6.45) is 0.842. The first-order valence-corrected chi connectivity index (χ1v) is 3.76. The van der Waals surface area contributed by atoms with Gasteiger partial charge in [-0.05, 0) is 12.3 Å². The predicted octanol–water partition coefficient (Wildman–Crippen LogP) is 1.27. The third kappa shape index (κ3) is 2.72. The van der Waals surface area contributed by atoms with E-state index in [-0.39, 0.29) is 0 Å². The lowest BCUT2D eigenvalue weighted by molar-refractivity contribution is 1.10. The van der Waals surface area contributed by atoms with Gasteiger partial charge in [0.2, 0.25) is 0 Å². The summed E-state index contributed by atoms with van der Waals surface area (Å²) in [6.45, 7) is 4.34. The highest BCUT2D eigenvalue weighted by Crippen LogP contribution is 2.14. The van der Waals surface area contributed by atoms with Crippen molar-refractivity contribution in [2.24, 2.45) is 0 Å². The van der Waals surface area contributed by atoms with E-state index in [1.54, 1.807) is 0 Å². The molecule has 0 aromatic heterocycles. The summed E-state index contributed by atoms with van der Waals surface area (Å²) in [6, 6.07) is 0. The summed E-state index contributed by atoms with van der Waals surface area (Å²) in [4.78, 5) is 0. The molecule has 0 spiro atoms. The van der Waals surface area contributed by atoms with Crippen LogP contribution in [0.1, 0.15) is 6.92 Å². The van der Waals surface area contributed by atoms with Crippen molar-refractivity contribution in [1.82, 2.24) is 0 Å². The zero-order valence-electron chi connectivity index (χ0n) is 4.36. The summed E-state index contributed by atoms with van der Waals surface area (Å²) in [5, 5.41) is 0. The molecule has 0 nitrogen and oxygen atoms in total. The van der Waals surface area contributed by atoms with Gasteiger partial charge >= 0.3 is 0 Å². The molecule has 0 heterocycles. The summed E-state index contributed by atoms with van der Waals surface area (Å²) in [7, 11) is 6.30. The Morgan fingerprint density at radius 2 is 2.33 bits per heavy atom. The SMILES string of the molecule is [B]CC(C)PC. The van der Waals surface area contributed by atoms with Crippen LogP contribution in [0.15, 0.2) is 0 Å². The van der Waals surface area contributed by atoms with Gasteiger partial charge in [0.15, 0.2) is 0 Å². The molecule has 0 aromatic rings. The molecule has 0 saturated heterocycles. The second-order valence-corrected chi connectivity index (χ2v) is 2.99. The molecule has 0 aliphatic rings. The Kier molecular flexibility index (Phi) is 3.98. The largest absolute Gasteiger partial charge is 0.123 e. The van der Waals surface area contributed by atoms with Crippen molar-refractivity contribution in [3.8, 4) is 0 Å². The smallest absolute Gasteiger partial charge is 0.0661 e. The van der Waals surface area contributed by atoms with Gasteiger partial charge in [0.05, 0.1) is 7.85 Å². The Morgan fingerprint density at radius 3 is 2.33 bits per heavy atom. The molecule has 0 aliphatic carbocycles. The van der Waals surface area contributed by atoms with Crippen LogP contribution in [-0.4, -0.2) is 20.2 Å². The molecule has 0 N–H and O–H groups in total. The summed E-state index contributed by atoms with van der Waals surface area (Å²) >= 11 is 0. The lowest BCUT2D eigenvalue weighted by Crippen LogP contribution is -1.87. The Hall–Kier alpha value is 0.495. The van der Waals surface area contributed by atoms with Crippen molar-refractivity contribution < 1.29 is 0 Å². The summed E-state index contributed by atoms with van der Waals surface area (Å²) in [5.74, 6) is 0. The molecule has 0 aliphatic heterocycles. The summed E-state index contributed by atoms with van der Waals surface area (Å²) < 4.78 is 0. The quantitative estimate of drug-likeness (QED) is 0.362. The Labute approximate surface area is 42.9 Å². The van der Waals surface area contributed by atoms with Crippen LogP contribution in [-0.2, 0) is 0 Å². The fraction of sp³-hybridized carbons (Fsp3) is 1.00. The van der Waals surface area contributed by atoms with Crippen molar-refractivity contribution in [3.63, 3.8) is 0 Å². The number of hydrogen-bond acceptors (Lipinski definition) is 0. The molecule has 6 heavy (non-hydrogen) atoms. The van der Waals surface area contributed by atoms with E-state index < -0.39 is 0 Å². The lowest BCUT2D eigenvalue weighted by Gasteiger charge is -1.99. The molecule has 34 valence electrons. The first-order chi connectivity index (χ1) is 2.81. The van der Waals surface area contributed by atoms with Crippen LogP contribution in [0.2, 0.25) is 6.32 Å². The minimum atomic E-state index is 0.741. The lowest BCUT2D eigenvalue weighted by atomic mass is 10.0. The molecule has 2 heteroatoms. The van der Waals surface area contributed by atoms with Gasteiger partial charge in [-0.25, -0.2) is 0 Å². The van der Waals surface area contributed by atoms with Gasteiger partial charge in [0.25, 0.3) is 0 Å². The van der Waals surface area contributed by atoms with Crippen molar-refractivity contribution in [2.75, 3.05) is 6.66 Å². The molecule has 0 amide bonds. The molecular formula is C4H10BP. The van der Waals surface area contributed by atoms with E-state index in [1.807, 2.05) is 0 Å². The van der Waals surface area contributed by atoms with E-state index in [0.29, 0.717) is 0 Å². The third-order valence-corrected chi connectivity index (χ3v) is 2.07. The average Bonchev–Trinajstić information content (AvgIpc) is 1.65. The fourth-order valence-electron chi connectivity index (χ4n) is 0.118.